The van der Waals surface area contributed by atoms with Gasteiger partial charge in [0.25, 0.3) is 0 Å². The van der Waals surface area contributed by atoms with Gasteiger partial charge in [-0.05, 0) is 18.2 Å². The van der Waals surface area contributed by atoms with Crippen LogP contribution in [0.3, 0.4) is 0 Å². The molecule has 0 aliphatic rings. The molecule has 0 spiro atoms. The molecule has 0 N–H and O–H groups in total. The highest BCUT2D eigenvalue weighted by molar-refractivity contribution is 7.27. The minimum Gasteiger partial charge on any atom is -0.491 e. The quantitative estimate of drug-likeness (QED) is 0.536. The molecule has 1 aromatic heterocycles. The van der Waals surface area contributed by atoms with E-state index in [0.717, 1.165) is 33.6 Å². The number of hydrogen-bond donors (Lipinski definition) is 0. The lowest BCUT2D eigenvalue weighted by Gasteiger charge is -2.10. The standard InChI is InChI=1S/C15H19ClNO3PS/c1-18-6-5-13-14(17-15(16)22-13)10-3-4-11(12(21)9-10)20-8-7-19-2/h3-4,9H,5-8,21H2,1-2H3. The van der Waals surface area contributed by atoms with Crippen LogP contribution in [0.2, 0.25) is 4.47 Å². The minimum absolute atomic E-state index is 0.527. The number of halogens is 1. The van der Waals surface area contributed by atoms with E-state index in [-0.39, 0.29) is 0 Å². The number of nitrogens with zero attached hydrogens (tertiary/aromatic N) is 1. The van der Waals surface area contributed by atoms with Crippen LogP contribution in [-0.4, -0.2) is 39.0 Å². The summed E-state index contributed by atoms with van der Waals surface area (Å²) in [6, 6.07) is 5.98. The molecule has 4 nitrogen and oxygen atoms in total. The molecule has 1 aromatic carbocycles. The van der Waals surface area contributed by atoms with Crippen LogP contribution in [-0.2, 0) is 15.9 Å². The molecule has 7 heteroatoms. The fourth-order valence-corrected chi connectivity index (χ4v) is 3.48. The molecule has 2 aromatic rings. The van der Waals surface area contributed by atoms with Crippen LogP contribution in [0.5, 0.6) is 5.75 Å². The topological polar surface area (TPSA) is 40.6 Å². The normalized spacial score (nSPS) is 10.9. The van der Waals surface area contributed by atoms with Gasteiger partial charge < -0.3 is 14.2 Å². The smallest absolute Gasteiger partial charge is 0.184 e. The van der Waals surface area contributed by atoms with Gasteiger partial charge in [-0.15, -0.1) is 20.6 Å². The second kappa shape index (κ2) is 8.80. The van der Waals surface area contributed by atoms with Crippen molar-refractivity contribution in [1.29, 1.82) is 0 Å². The number of ether oxygens (including phenoxy) is 3. The molecule has 0 bridgehead atoms. The van der Waals surface area contributed by atoms with Crippen LogP contribution >= 0.6 is 32.2 Å². The third kappa shape index (κ3) is 4.64. The summed E-state index contributed by atoms with van der Waals surface area (Å²) in [4.78, 5) is 5.57. The van der Waals surface area contributed by atoms with Crippen LogP contribution in [0, 0.1) is 0 Å². The van der Waals surface area contributed by atoms with Crippen molar-refractivity contribution in [3.8, 4) is 17.0 Å². The first kappa shape index (κ1) is 17.6. The Hall–Kier alpha value is -0.710. The molecule has 22 heavy (non-hydrogen) atoms. The lowest BCUT2D eigenvalue weighted by atomic mass is 10.1. The Morgan fingerprint density at radius 3 is 2.64 bits per heavy atom. The van der Waals surface area contributed by atoms with E-state index in [0.29, 0.717) is 24.3 Å². The van der Waals surface area contributed by atoms with Gasteiger partial charge in [0.05, 0.1) is 18.9 Å². The molecular formula is C15H19ClNO3PS. The van der Waals surface area contributed by atoms with Crippen LogP contribution < -0.4 is 10.0 Å². The van der Waals surface area contributed by atoms with Crippen molar-refractivity contribution in [1.82, 2.24) is 4.98 Å². The van der Waals surface area contributed by atoms with E-state index in [2.05, 4.69) is 14.2 Å². The number of hydrogen-bond acceptors (Lipinski definition) is 5. The Kier molecular flexibility index (Phi) is 7.06. The zero-order valence-electron chi connectivity index (χ0n) is 12.6. The predicted octanol–water partition coefficient (Wildman–Crippen LogP) is 3.18. The number of aromatic nitrogens is 1. The maximum absolute atomic E-state index is 6.07. The van der Waals surface area contributed by atoms with Gasteiger partial charge in [0.15, 0.2) is 4.47 Å². The van der Waals surface area contributed by atoms with Crippen molar-refractivity contribution < 1.29 is 14.2 Å². The number of methoxy groups -OCH3 is 2. The third-order valence-corrected chi connectivity index (χ3v) is 4.70. The molecule has 0 aliphatic heterocycles. The lowest BCUT2D eigenvalue weighted by Crippen LogP contribution is -2.09. The number of rotatable bonds is 8. The fraction of sp³-hybridized carbons (Fsp3) is 0.400. The summed E-state index contributed by atoms with van der Waals surface area (Å²) in [5.74, 6) is 0.825. The SMILES string of the molecule is COCCOc1ccc(-c2nc(Cl)sc2CCOC)cc1P. The molecule has 0 amide bonds. The molecule has 1 atom stereocenters. The van der Waals surface area contributed by atoms with E-state index in [1.807, 2.05) is 18.2 Å². The van der Waals surface area contributed by atoms with Crippen LogP contribution in [0.1, 0.15) is 4.88 Å². The minimum atomic E-state index is 0.527. The van der Waals surface area contributed by atoms with Crippen molar-refractivity contribution in [2.75, 3.05) is 34.0 Å². The first-order valence-electron chi connectivity index (χ1n) is 6.81. The fourth-order valence-electron chi connectivity index (χ4n) is 1.97. The zero-order chi connectivity index (χ0) is 15.9. The lowest BCUT2D eigenvalue weighted by molar-refractivity contribution is 0.147. The van der Waals surface area contributed by atoms with E-state index < -0.39 is 0 Å². The molecule has 0 saturated heterocycles. The highest BCUT2D eigenvalue weighted by Gasteiger charge is 2.13. The molecule has 2 rings (SSSR count). The van der Waals surface area contributed by atoms with Crippen LogP contribution in [0.15, 0.2) is 18.2 Å². The van der Waals surface area contributed by atoms with Crippen molar-refractivity contribution in [3.63, 3.8) is 0 Å². The molecular weight excluding hydrogens is 341 g/mol. The van der Waals surface area contributed by atoms with Gasteiger partial charge in [0.1, 0.15) is 12.4 Å². The Labute approximate surface area is 142 Å². The van der Waals surface area contributed by atoms with Gasteiger partial charge in [-0.1, -0.05) is 11.6 Å². The molecule has 1 heterocycles. The molecule has 120 valence electrons. The zero-order valence-corrected chi connectivity index (χ0v) is 15.3. The first-order chi connectivity index (χ1) is 10.7. The van der Waals surface area contributed by atoms with Gasteiger partial charge in [-0.2, -0.15) is 0 Å². The van der Waals surface area contributed by atoms with Crippen molar-refractivity contribution in [3.05, 3.63) is 27.5 Å². The summed E-state index contributed by atoms with van der Waals surface area (Å²) in [6.45, 7) is 1.74. The monoisotopic (exact) mass is 359 g/mol. The van der Waals surface area contributed by atoms with Crippen LogP contribution in [0.4, 0.5) is 0 Å². The Morgan fingerprint density at radius 2 is 1.95 bits per heavy atom. The largest absolute Gasteiger partial charge is 0.491 e. The van der Waals surface area contributed by atoms with Gasteiger partial charge in [0.2, 0.25) is 0 Å². The summed E-state index contributed by atoms with van der Waals surface area (Å²) < 4.78 is 16.3. The second-order valence-electron chi connectivity index (χ2n) is 4.58. The van der Waals surface area contributed by atoms with E-state index >= 15 is 0 Å². The van der Waals surface area contributed by atoms with Crippen LogP contribution in [0.25, 0.3) is 11.3 Å². The third-order valence-electron chi connectivity index (χ3n) is 3.03. The van der Waals surface area contributed by atoms with E-state index in [1.165, 1.54) is 11.3 Å². The summed E-state index contributed by atoms with van der Waals surface area (Å²) in [6.07, 6.45) is 0.800. The van der Waals surface area contributed by atoms with Crippen molar-refractivity contribution in [2.45, 2.75) is 6.42 Å². The Morgan fingerprint density at radius 1 is 1.18 bits per heavy atom. The number of benzene rings is 1. The predicted molar refractivity (Wildman–Crippen MR) is 94.9 cm³/mol. The Bertz CT molecular complexity index is 621. The summed E-state index contributed by atoms with van der Waals surface area (Å²) in [5.41, 5.74) is 1.94. The van der Waals surface area contributed by atoms with Gasteiger partial charge >= 0.3 is 0 Å². The van der Waals surface area contributed by atoms with E-state index in [4.69, 9.17) is 25.8 Å². The van der Waals surface area contributed by atoms with E-state index in [9.17, 15) is 0 Å². The second-order valence-corrected chi connectivity index (χ2v) is 6.86. The maximum Gasteiger partial charge on any atom is 0.184 e. The average Bonchev–Trinajstić information content (AvgIpc) is 2.88. The highest BCUT2D eigenvalue weighted by Crippen LogP contribution is 2.32. The summed E-state index contributed by atoms with van der Waals surface area (Å²) >= 11 is 7.57. The Balaban J connectivity index is 2.20. The van der Waals surface area contributed by atoms with Gasteiger partial charge in [0, 0.05) is 36.4 Å². The van der Waals surface area contributed by atoms with Gasteiger partial charge in [-0.25, -0.2) is 4.98 Å². The first-order valence-corrected chi connectivity index (χ1v) is 8.58. The highest BCUT2D eigenvalue weighted by atomic mass is 35.5. The summed E-state index contributed by atoms with van der Waals surface area (Å²) in [5, 5.41) is 0.982. The van der Waals surface area contributed by atoms with Crippen molar-refractivity contribution in [2.24, 2.45) is 0 Å². The summed E-state index contributed by atoms with van der Waals surface area (Å²) in [7, 11) is 6.04. The molecule has 0 saturated carbocycles. The maximum atomic E-state index is 6.07. The van der Waals surface area contributed by atoms with E-state index in [1.54, 1.807) is 14.2 Å². The number of thiazole rings is 1. The van der Waals surface area contributed by atoms with Crippen molar-refractivity contribution >= 4 is 37.5 Å². The average molecular weight is 360 g/mol. The molecule has 1 unspecified atom stereocenters. The van der Waals surface area contributed by atoms with Gasteiger partial charge in [-0.3, -0.25) is 0 Å². The molecule has 0 aliphatic carbocycles. The molecule has 0 radical (unpaired) electrons. The molecule has 0 fully saturated rings.